The molecule has 1 aliphatic rings. The number of aromatic nitrogens is 1. The Bertz CT molecular complexity index is 433. The molecule has 0 atom stereocenters. The van der Waals surface area contributed by atoms with Crippen LogP contribution >= 0.6 is 23.5 Å². The molecule has 1 fully saturated rings. The summed E-state index contributed by atoms with van der Waals surface area (Å²) in [4.78, 5) is 17.3. The van der Waals surface area contributed by atoms with Gasteiger partial charge in [-0.2, -0.15) is 11.8 Å². The topological polar surface area (TPSA) is 42.0 Å². The molecule has 0 spiro atoms. The van der Waals surface area contributed by atoms with Crippen LogP contribution in [0.25, 0.3) is 0 Å². The van der Waals surface area contributed by atoms with Crippen LogP contribution in [0.1, 0.15) is 30.3 Å². The molecule has 1 aromatic heterocycles. The molecule has 1 amide bonds. The Morgan fingerprint density at radius 3 is 2.94 bits per heavy atom. The number of thioether (sulfide) groups is 2. The first-order valence-corrected chi connectivity index (χ1v) is 8.33. The van der Waals surface area contributed by atoms with E-state index in [0.717, 1.165) is 17.2 Å². The van der Waals surface area contributed by atoms with Crippen LogP contribution in [-0.2, 0) is 0 Å². The molecule has 3 nitrogen and oxygen atoms in total. The van der Waals surface area contributed by atoms with Crippen molar-refractivity contribution in [3.05, 3.63) is 24.0 Å². The van der Waals surface area contributed by atoms with E-state index in [9.17, 15) is 4.79 Å². The lowest BCUT2D eigenvalue weighted by Gasteiger charge is -2.13. The molecule has 0 unspecified atom stereocenters. The third-order valence-corrected chi connectivity index (χ3v) is 5.45. The van der Waals surface area contributed by atoms with Crippen LogP contribution < -0.4 is 5.32 Å². The summed E-state index contributed by atoms with van der Waals surface area (Å²) < 4.78 is 0.294. The van der Waals surface area contributed by atoms with Crippen LogP contribution in [0.3, 0.4) is 0 Å². The van der Waals surface area contributed by atoms with Crippen LogP contribution in [0.15, 0.2) is 23.2 Å². The Kier molecular flexibility index (Phi) is 4.56. The van der Waals surface area contributed by atoms with E-state index in [4.69, 9.17) is 0 Å². The monoisotopic (exact) mass is 282 g/mol. The van der Waals surface area contributed by atoms with Gasteiger partial charge >= 0.3 is 0 Å². The predicted molar refractivity (Wildman–Crippen MR) is 78.4 cm³/mol. The highest BCUT2D eigenvalue weighted by atomic mass is 32.2. The molecule has 0 aliphatic heterocycles. The summed E-state index contributed by atoms with van der Waals surface area (Å²) in [6.45, 7) is 2.83. The van der Waals surface area contributed by atoms with E-state index in [2.05, 4.69) is 23.5 Å². The van der Waals surface area contributed by atoms with Gasteiger partial charge in [0, 0.05) is 22.4 Å². The number of rotatable bonds is 6. The summed E-state index contributed by atoms with van der Waals surface area (Å²) in [6.07, 6.45) is 6.19. The molecule has 5 heteroatoms. The predicted octanol–water partition coefficient (Wildman–Crippen LogP) is 2.82. The molecular weight excluding hydrogens is 264 g/mol. The maximum Gasteiger partial charge on any atom is 0.271 e. The maximum atomic E-state index is 12.1. The Labute approximate surface area is 117 Å². The second-order valence-electron chi connectivity index (χ2n) is 4.35. The molecule has 1 saturated carbocycles. The van der Waals surface area contributed by atoms with E-state index in [1.165, 1.54) is 12.8 Å². The van der Waals surface area contributed by atoms with Crippen LogP contribution in [0, 0.1) is 0 Å². The minimum atomic E-state index is -0.0492. The van der Waals surface area contributed by atoms with Gasteiger partial charge in [0.25, 0.3) is 5.91 Å². The fourth-order valence-corrected chi connectivity index (χ4v) is 3.25. The molecular formula is C13H18N2OS2. The maximum absolute atomic E-state index is 12.1. The van der Waals surface area contributed by atoms with Crippen molar-refractivity contribution in [2.45, 2.75) is 29.4 Å². The van der Waals surface area contributed by atoms with Gasteiger partial charge in [0.2, 0.25) is 0 Å². The van der Waals surface area contributed by atoms with Crippen molar-refractivity contribution in [3.63, 3.8) is 0 Å². The van der Waals surface area contributed by atoms with Gasteiger partial charge < -0.3 is 5.32 Å². The van der Waals surface area contributed by atoms with Crippen LogP contribution in [0.2, 0.25) is 0 Å². The lowest BCUT2D eigenvalue weighted by atomic mass is 10.3. The first-order valence-electron chi connectivity index (χ1n) is 6.12. The van der Waals surface area contributed by atoms with E-state index in [1.807, 2.05) is 23.9 Å². The quantitative estimate of drug-likeness (QED) is 0.815. The average Bonchev–Trinajstić information content (AvgIpc) is 3.18. The highest BCUT2D eigenvalue weighted by Gasteiger charge is 2.42. The lowest BCUT2D eigenvalue weighted by Crippen LogP contribution is -2.32. The molecule has 18 heavy (non-hydrogen) atoms. The fourth-order valence-electron chi connectivity index (χ4n) is 1.75. The molecule has 2 rings (SSSR count). The average molecular weight is 282 g/mol. The van der Waals surface area contributed by atoms with Crippen LogP contribution in [0.5, 0.6) is 0 Å². The second kappa shape index (κ2) is 5.97. The normalized spacial score (nSPS) is 16.3. The number of carbonyl (C=O) groups is 1. The Hall–Kier alpha value is -0.680. The summed E-state index contributed by atoms with van der Waals surface area (Å²) in [5, 5.41) is 3.02. The number of amides is 1. The number of pyridine rings is 1. The van der Waals surface area contributed by atoms with Crippen molar-refractivity contribution in [3.8, 4) is 0 Å². The summed E-state index contributed by atoms with van der Waals surface area (Å²) in [5.74, 6) is 0.896. The SMILES string of the molecule is CCSc1cccnc1C(=O)NCC1(SC)CC1. The van der Waals surface area contributed by atoms with Gasteiger partial charge in [-0.3, -0.25) is 4.79 Å². The van der Waals surface area contributed by atoms with E-state index < -0.39 is 0 Å². The third kappa shape index (κ3) is 3.20. The zero-order valence-electron chi connectivity index (χ0n) is 10.7. The highest BCUT2D eigenvalue weighted by molar-refractivity contribution is 8.00. The summed E-state index contributed by atoms with van der Waals surface area (Å²) >= 11 is 3.51. The molecule has 1 N–H and O–H groups in total. The molecule has 0 radical (unpaired) electrons. The van der Waals surface area contributed by atoms with Crippen LogP contribution in [-0.4, -0.2) is 34.2 Å². The van der Waals surface area contributed by atoms with E-state index in [-0.39, 0.29) is 5.91 Å². The van der Waals surface area contributed by atoms with Crippen molar-refractivity contribution < 1.29 is 4.79 Å². The van der Waals surface area contributed by atoms with Gasteiger partial charge in [0.1, 0.15) is 5.69 Å². The van der Waals surface area contributed by atoms with Gasteiger partial charge in [0.05, 0.1) is 0 Å². The summed E-state index contributed by atoms with van der Waals surface area (Å²) in [6, 6.07) is 3.83. The second-order valence-corrected chi connectivity index (χ2v) is 6.93. The standard InChI is InChI=1S/C13H18N2OS2/c1-3-18-10-5-4-8-14-11(10)12(16)15-9-13(17-2)6-7-13/h4-5,8H,3,6-7,9H2,1-2H3,(H,15,16). The lowest BCUT2D eigenvalue weighted by molar-refractivity contribution is 0.0945. The van der Waals surface area contributed by atoms with Crippen molar-refractivity contribution in [1.82, 2.24) is 10.3 Å². The minimum Gasteiger partial charge on any atom is -0.349 e. The first kappa shape index (κ1) is 13.7. The van der Waals surface area contributed by atoms with Gasteiger partial charge in [-0.05, 0) is 37.0 Å². The largest absolute Gasteiger partial charge is 0.349 e. The first-order chi connectivity index (χ1) is 8.71. The molecule has 1 heterocycles. The molecule has 0 bridgehead atoms. The molecule has 98 valence electrons. The van der Waals surface area contributed by atoms with Gasteiger partial charge in [-0.25, -0.2) is 4.98 Å². The molecule has 0 saturated heterocycles. The Morgan fingerprint density at radius 1 is 1.56 bits per heavy atom. The van der Waals surface area contributed by atoms with Crippen molar-refractivity contribution in [1.29, 1.82) is 0 Å². The molecule has 1 aromatic rings. The number of hydrogen-bond donors (Lipinski definition) is 1. The van der Waals surface area contributed by atoms with E-state index >= 15 is 0 Å². The van der Waals surface area contributed by atoms with Gasteiger partial charge in [-0.1, -0.05) is 6.92 Å². The third-order valence-electron chi connectivity index (χ3n) is 3.10. The highest BCUT2D eigenvalue weighted by Crippen LogP contribution is 2.46. The van der Waals surface area contributed by atoms with Crippen molar-refractivity contribution in [2.24, 2.45) is 0 Å². The fraction of sp³-hybridized carbons (Fsp3) is 0.538. The zero-order valence-corrected chi connectivity index (χ0v) is 12.4. The molecule has 0 aromatic carbocycles. The number of hydrogen-bond acceptors (Lipinski definition) is 4. The smallest absolute Gasteiger partial charge is 0.271 e. The number of nitrogens with zero attached hydrogens (tertiary/aromatic N) is 1. The summed E-state index contributed by atoms with van der Waals surface area (Å²) in [7, 11) is 0. The Balaban J connectivity index is 2.00. The zero-order chi connectivity index (χ0) is 13.0. The van der Waals surface area contributed by atoms with Crippen molar-refractivity contribution >= 4 is 29.4 Å². The van der Waals surface area contributed by atoms with Crippen molar-refractivity contribution in [2.75, 3.05) is 18.6 Å². The van der Waals surface area contributed by atoms with E-state index in [1.54, 1.807) is 18.0 Å². The minimum absolute atomic E-state index is 0.0492. The van der Waals surface area contributed by atoms with Gasteiger partial charge in [0.15, 0.2) is 0 Å². The van der Waals surface area contributed by atoms with Gasteiger partial charge in [-0.15, -0.1) is 11.8 Å². The van der Waals surface area contributed by atoms with E-state index in [0.29, 0.717) is 10.4 Å². The number of carbonyl (C=O) groups excluding carboxylic acids is 1. The number of nitrogens with one attached hydrogen (secondary N) is 1. The Morgan fingerprint density at radius 2 is 2.33 bits per heavy atom. The summed E-state index contributed by atoms with van der Waals surface area (Å²) in [5.41, 5.74) is 0.557. The van der Waals surface area contributed by atoms with Crippen LogP contribution in [0.4, 0.5) is 0 Å². The molecule has 1 aliphatic carbocycles.